The number of fused-ring (bicyclic) bond motifs is 2. The summed E-state index contributed by atoms with van der Waals surface area (Å²) in [6, 6.07) is 8.02. The van der Waals surface area contributed by atoms with Gasteiger partial charge in [0.25, 0.3) is 5.91 Å². The van der Waals surface area contributed by atoms with Crippen molar-refractivity contribution >= 4 is 38.3 Å². The lowest BCUT2D eigenvalue weighted by molar-refractivity contribution is 0.102. The van der Waals surface area contributed by atoms with Gasteiger partial charge in [0.2, 0.25) is 0 Å². The Morgan fingerprint density at radius 2 is 1.92 bits per heavy atom. The number of rotatable bonds is 3. The van der Waals surface area contributed by atoms with Crippen LogP contribution in [-0.2, 0) is 0 Å². The average molecular weight is 373 g/mol. The fourth-order valence-electron chi connectivity index (χ4n) is 2.70. The number of hydrogen-bond acceptors (Lipinski definition) is 6. The number of amides is 1. The molecule has 0 spiro atoms. The van der Waals surface area contributed by atoms with E-state index < -0.39 is 11.7 Å². The fraction of sp³-hybridized carbons (Fsp3) is 0.222. The summed E-state index contributed by atoms with van der Waals surface area (Å²) in [6.45, 7) is 1.01. The standard InChI is InChI=1S/C18H16FN3O3S/c1-22(2)13-4-3-10(7-11(13)19)17(23)21-18-20-12-8-14-15(9-16(12)26-18)25-6-5-24-14/h3-4,7-9H,5-6H2,1-2H3,(H,20,21,23). The number of nitrogens with one attached hydrogen (secondary N) is 1. The first-order valence-electron chi connectivity index (χ1n) is 7.99. The van der Waals surface area contributed by atoms with E-state index in [1.807, 2.05) is 6.07 Å². The predicted octanol–water partition coefficient (Wildman–Crippen LogP) is 3.52. The molecule has 1 aromatic heterocycles. The third kappa shape index (κ3) is 3.03. The number of carbonyl (C=O) groups is 1. The van der Waals surface area contributed by atoms with E-state index in [4.69, 9.17) is 9.47 Å². The molecule has 1 amide bonds. The molecule has 2 heterocycles. The van der Waals surface area contributed by atoms with Crippen LogP contribution in [0.2, 0.25) is 0 Å². The average Bonchev–Trinajstić information content (AvgIpc) is 3.00. The van der Waals surface area contributed by atoms with Crippen LogP contribution in [0, 0.1) is 5.82 Å². The van der Waals surface area contributed by atoms with Gasteiger partial charge in [-0.15, -0.1) is 0 Å². The zero-order valence-corrected chi connectivity index (χ0v) is 15.0. The Bertz CT molecular complexity index is 960. The summed E-state index contributed by atoms with van der Waals surface area (Å²) in [6.07, 6.45) is 0. The smallest absolute Gasteiger partial charge is 0.257 e. The topological polar surface area (TPSA) is 63.7 Å². The van der Waals surface area contributed by atoms with Crippen LogP contribution in [0.3, 0.4) is 0 Å². The van der Waals surface area contributed by atoms with Gasteiger partial charge in [0, 0.05) is 31.8 Å². The number of hydrogen-bond donors (Lipinski definition) is 1. The number of aromatic nitrogens is 1. The second-order valence-electron chi connectivity index (χ2n) is 6.00. The molecule has 0 bridgehead atoms. The molecule has 134 valence electrons. The van der Waals surface area contributed by atoms with Gasteiger partial charge in [-0.05, 0) is 18.2 Å². The van der Waals surface area contributed by atoms with Crippen LogP contribution < -0.4 is 19.7 Å². The van der Waals surface area contributed by atoms with Crippen LogP contribution in [0.25, 0.3) is 10.2 Å². The molecule has 0 unspecified atom stereocenters. The molecular weight excluding hydrogens is 357 g/mol. The maximum Gasteiger partial charge on any atom is 0.257 e. The van der Waals surface area contributed by atoms with Gasteiger partial charge in [-0.3, -0.25) is 10.1 Å². The second-order valence-corrected chi connectivity index (χ2v) is 7.03. The monoisotopic (exact) mass is 373 g/mol. The summed E-state index contributed by atoms with van der Waals surface area (Å²) >= 11 is 1.32. The molecule has 3 aromatic rings. The van der Waals surface area contributed by atoms with Gasteiger partial charge in [0.15, 0.2) is 16.6 Å². The van der Waals surface area contributed by atoms with E-state index >= 15 is 0 Å². The highest BCUT2D eigenvalue weighted by molar-refractivity contribution is 7.22. The van der Waals surface area contributed by atoms with Crippen molar-refractivity contribution in [3.63, 3.8) is 0 Å². The molecule has 8 heteroatoms. The first-order valence-corrected chi connectivity index (χ1v) is 8.81. The van der Waals surface area contributed by atoms with Crippen molar-refractivity contribution in [2.45, 2.75) is 0 Å². The molecule has 4 rings (SSSR count). The summed E-state index contributed by atoms with van der Waals surface area (Å²) in [4.78, 5) is 18.5. The van der Waals surface area contributed by atoms with Crippen LogP contribution in [-0.4, -0.2) is 38.2 Å². The van der Waals surface area contributed by atoms with Crippen LogP contribution in [0.1, 0.15) is 10.4 Å². The van der Waals surface area contributed by atoms with Crippen LogP contribution >= 0.6 is 11.3 Å². The lowest BCUT2D eigenvalue weighted by Crippen LogP contribution is -2.15. The normalized spacial score (nSPS) is 12.9. The van der Waals surface area contributed by atoms with Crippen molar-refractivity contribution in [3.05, 3.63) is 41.7 Å². The Labute approximate surface area is 153 Å². The molecule has 1 aliphatic heterocycles. The van der Waals surface area contributed by atoms with Gasteiger partial charge in [-0.2, -0.15) is 0 Å². The lowest BCUT2D eigenvalue weighted by atomic mass is 10.2. The number of anilines is 2. The number of ether oxygens (including phenoxy) is 2. The van der Waals surface area contributed by atoms with Crippen molar-refractivity contribution < 1.29 is 18.7 Å². The zero-order chi connectivity index (χ0) is 18.3. The third-order valence-electron chi connectivity index (χ3n) is 3.96. The van der Waals surface area contributed by atoms with E-state index in [-0.39, 0.29) is 5.56 Å². The number of halogens is 1. The largest absolute Gasteiger partial charge is 0.486 e. The molecule has 26 heavy (non-hydrogen) atoms. The van der Waals surface area contributed by atoms with Crippen molar-refractivity contribution in [2.75, 3.05) is 37.5 Å². The molecule has 2 aromatic carbocycles. The summed E-state index contributed by atoms with van der Waals surface area (Å²) in [7, 11) is 3.48. The molecule has 0 aliphatic carbocycles. The van der Waals surface area contributed by atoms with E-state index in [1.165, 1.54) is 17.4 Å². The molecule has 1 N–H and O–H groups in total. The van der Waals surface area contributed by atoms with Gasteiger partial charge in [0.1, 0.15) is 19.0 Å². The molecule has 0 saturated heterocycles. The highest BCUT2D eigenvalue weighted by Gasteiger charge is 2.17. The van der Waals surface area contributed by atoms with Crippen LogP contribution in [0.4, 0.5) is 15.2 Å². The number of nitrogens with zero attached hydrogens (tertiary/aromatic N) is 2. The molecule has 6 nitrogen and oxygen atoms in total. The van der Waals surface area contributed by atoms with E-state index in [1.54, 1.807) is 37.2 Å². The van der Waals surface area contributed by atoms with E-state index in [2.05, 4.69) is 10.3 Å². The summed E-state index contributed by atoms with van der Waals surface area (Å²) in [5, 5.41) is 3.16. The Morgan fingerprint density at radius 3 is 2.62 bits per heavy atom. The minimum Gasteiger partial charge on any atom is -0.486 e. The van der Waals surface area contributed by atoms with Crippen LogP contribution in [0.5, 0.6) is 11.5 Å². The Kier molecular flexibility index (Phi) is 4.12. The summed E-state index contributed by atoms with van der Waals surface area (Å²) in [5.41, 5.74) is 1.37. The van der Waals surface area contributed by atoms with E-state index in [0.717, 1.165) is 4.70 Å². The number of benzene rings is 2. The summed E-state index contributed by atoms with van der Waals surface area (Å²) < 4.78 is 26.0. The second kappa shape index (κ2) is 6.45. The predicted molar refractivity (Wildman–Crippen MR) is 99.3 cm³/mol. The maximum absolute atomic E-state index is 14.1. The minimum atomic E-state index is -0.450. The molecule has 0 atom stereocenters. The van der Waals surface area contributed by atoms with Gasteiger partial charge in [-0.25, -0.2) is 9.37 Å². The molecule has 0 radical (unpaired) electrons. The van der Waals surface area contributed by atoms with Crippen molar-refractivity contribution in [1.82, 2.24) is 4.98 Å². The SMILES string of the molecule is CN(C)c1ccc(C(=O)Nc2nc3cc4c(cc3s2)OCCO4)cc1F. The molecule has 1 aliphatic rings. The van der Waals surface area contributed by atoms with Crippen LogP contribution in [0.15, 0.2) is 30.3 Å². The van der Waals surface area contributed by atoms with Crippen molar-refractivity contribution in [2.24, 2.45) is 0 Å². The fourth-order valence-corrected chi connectivity index (χ4v) is 3.57. The van der Waals surface area contributed by atoms with Crippen molar-refractivity contribution in [1.29, 1.82) is 0 Å². The highest BCUT2D eigenvalue weighted by atomic mass is 32.1. The Hall–Kier alpha value is -2.87. The molecule has 0 fully saturated rings. The number of carbonyl (C=O) groups excluding carboxylic acids is 1. The highest BCUT2D eigenvalue weighted by Crippen LogP contribution is 2.37. The third-order valence-corrected chi connectivity index (χ3v) is 4.90. The Balaban J connectivity index is 1.58. The minimum absolute atomic E-state index is 0.235. The lowest BCUT2D eigenvalue weighted by Gasteiger charge is -2.17. The first kappa shape index (κ1) is 16.6. The molecular formula is C18H16FN3O3S. The van der Waals surface area contributed by atoms with Crippen molar-refractivity contribution in [3.8, 4) is 11.5 Å². The Morgan fingerprint density at radius 1 is 1.19 bits per heavy atom. The molecule has 0 saturated carbocycles. The van der Waals surface area contributed by atoms with E-state index in [0.29, 0.717) is 41.0 Å². The quantitative estimate of drug-likeness (QED) is 0.761. The van der Waals surface area contributed by atoms with Gasteiger partial charge >= 0.3 is 0 Å². The number of thiazole rings is 1. The first-order chi connectivity index (χ1) is 12.5. The maximum atomic E-state index is 14.1. The zero-order valence-electron chi connectivity index (χ0n) is 14.2. The van der Waals surface area contributed by atoms with E-state index in [9.17, 15) is 9.18 Å². The van der Waals surface area contributed by atoms with Gasteiger partial charge < -0.3 is 14.4 Å². The summed E-state index contributed by atoms with van der Waals surface area (Å²) in [5.74, 6) is 0.458. The van der Waals surface area contributed by atoms with Gasteiger partial charge in [0.05, 0.1) is 15.9 Å². The van der Waals surface area contributed by atoms with Gasteiger partial charge in [-0.1, -0.05) is 11.3 Å².